The van der Waals surface area contributed by atoms with Crippen LogP contribution in [0.2, 0.25) is 0 Å². The van der Waals surface area contributed by atoms with Gasteiger partial charge in [0.2, 0.25) is 0 Å². The molecule has 4 nitrogen and oxygen atoms in total. The van der Waals surface area contributed by atoms with Crippen LogP contribution >= 0.6 is 42.4 Å². The molecule has 0 aliphatic heterocycles. The number of rotatable bonds is 3. The zero-order chi connectivity index (χ0) is 10.9. The molecule has 0 amide bonds. The first kappa shape index (κ1) is 14.2. The van der Waals surface area contributed by atoms with Gasteiger partial charge in [0.15, 0.2) is 0 Å². The second-order valence-corrected chi connectivity index (χ2v) is 10.6. The second-order valence-electron chi connectivity index (χ2n) is 2.23. The van der Waals surface area contributed by atoms with Crippen LogP contribution in [0.15, 0.2) is 0 Å². The summed E-state index contributed by atoms with van der Waals surface area (Å²) in [5.74, 6) is 0. The average Bonchev–Trinajstić information content (AvgIpc) is 1.77. The molecule has 0 aromatic rings. The molecule has 0 spiro atoms. The molecule has 0 bridgehead atoms. The Morgan fingerprint density at radius 2 is 1.85 bits per heavy atom. The fraction of sp³-hybridized carbons (Fsp3) is 0.750. The van der Waals surface area contributed by atoms with Crippen LogP contribution in [0.1, 0.15) is 6.92 Å². The van der Waals surface area contributed by atoms with Crippen LogP contribution in [-0.2, 0) is 9.36 Å². The predicted molar refractivity (Wildman–Crippen MR) is 54.0 cm³/mol. The maximum atomic E-state index is 10.8. The van der Waals surface area contributed by atoms with E-state index in [-0.39, 0.29) is 4.57 Å². The molecular formula is C4H7AsCl3O4P. The van der Waals surface area contributed by atoms with Gasteiger partial charge in [-0.1, -0.05) is 0 Å². The summed E-state index contributed by atoms with van der Waals surface area (Å²) in [5.41, 5.74) is 0. The third-order valence-corrected chi connectivity index (χ3v) is 9.43. The van der Waals surface area contributed by atoms with Crippen LogP contribution in [0.25, 0.3) is 0 Å². The van der Waals surface area contributed by atoms with Crippen molar-refractivity contribution in [2.24, 2.45) is 0 Å². The number of carbonyl (C=O) groups is 1. The molecule has 78 valence electrons. The number of halogens is 3. The zero-order valence-electron chi connectivity index (χ0n) is 6.37. The molecule has 2 unspecified atom stereocenters. The van der Waals surface area contributed by atoms with Crippen molar-refractivity contribution in [2.45, 2.75) is 15.2 Å². The van der Waals surface area contributed by atoms with Crippen molar-refractivity contribution in [3.8, 4) is 0 Å². The van der Waals surface area contributed by atoms with Crippen LogP contribution in [0, 0.1) is 0 Å². The summed E-state index contributed by atoms with van der Waals surface area (Å²) < 4.78 is 6.98. The van der Waals surface area contributed by atoms with E-state index in [1.807, 2.05) is 0 Å². The van der Waals surface area contributed by atoms with Gasteiger partial charge in [-0.25, -0.2) is 0 Å². The van der Waals surface area contributed by atoms with Gasteiger partial charge >= 0.3 is 97.0 Å². The standard InChI is InChI=1S/C4H7AsCl3O4P/c1-2(9)5-3(4(6,7)8)13(10,11)12/h3,5H,1H3,(H2,10,11,12). The van der Waals surface area contributed by atoms with Gasteiger partial charge < -0.3 is 0 Å². The van der Waals surface area contributed by atoms with E-state index in [4.69, 9.17) is 44.6 Å². The van der Waals surface area contributed by atoms with Crippen LogP contribution in [0.4, 0.5) is 0 Å². The van der Waals surface area contributed by atoms with Crippen molar-refractivity contribution in [1.82, 2.24) is 0 Å². The van der Waals surface area contributed by atoms with Crippen LogP contribution in [0.5, 0.6) is 0 Å². The summed E-state index contributed by atoms with van der Waals surface area (Å²) in [5, 5.41) is 0. The molecule has 2 N–H and O–H groups in total. The zero-order valence-corrected chi connectivity index (χ0v) is 11.6. The second kappa shape index (κ2) is 4.85. The Hall–Kier alpha value is 1.25. The first-order chi connectivity index (χ1) is 5.55. The monoisotopic (exact) mass is 330 g/mol. The average molecular weight is 331 g/mol. The van der Waals surface area contributed by atoms with Crippen molar-refractivity contribution in [3.63, 3.8) is 0 Å². The molecule has 2 atom stereocenters. The van der Waals surface area contributed by atoms with Gasteiger partial charge in [-0.15, -0.1) is 0 Å². The summed E-state index contributed by atoms with van der Waals surface area (Å²) in [7, 11) is -4.51. The van der Waals surface area contributed by atoms with Gasteiger partial charge in [0.1, 0.15) is 0 Å². The van der Waals surface area contributed by atoms with E-state index in [2.05, 4.69) is 0 Å². The first-order valence-electron chi connectivity index (χ1n) is 2.94. The molecule has 0 heterocycles. The van der Waals surface area contributed by atoms with E-state index < -0.39 is 31.6 Å². The Labute approximate surface area is 96.8 Å². The van der Waals surface area contributed by atoms with Crippen molar-refractivity contribution >= 4 is 62.7 Å². The van der Waals surface area contributed by atoms with Crippen LogP contribution in [0.3, 0.4) is 0 Å². The summed E-state index contributed by atoms with van der Waals surface area (Å²) in [6, 6.07) is 0. The Balaban J connectivity index is 4.79. The van der Waals surface area contributed by atoms with E-state index in [9.17, 15) is 9.36 Å². The summed E-state index contributed by atoms with van der Waals surface area (Å²) >= 11 is 14.4. The van der Waals surface area contributed by atoms with Crippen LogP contribution in [-0.4, -0.2) is 38.3 Å². The molecule has 0 aliphatic rings. The number of alkyl halides is 3. The molecular weight excluding hydrogens is 324 g/mol. The van der Waals surface area contributed by atoms with E-state index in [0.29, 0.717) is 0 Å². The molecule has 0 aromatic carbocycles. The Morgan fingerprint density at radius 1 is 1.46 bits per heavy atom. The number of hydrogen-bond acceptors (Lipinski definition) is 2. The summed E-state index contributed by atoms with van der Waals surface area (Å²) in [6.45, 7) is 1.22. The van der Waals surface area contributed by atoms with Gasteiger partial charge in [-0.3, -0.25) is 0 Å². The van der Waals surface area contributed by atoms with Crippen molar-refractivity contribution in [3.05, 3.63) is 0 Å². The Kier molecular flexibility index (Phi) is 5.31. The minimum atomic E-state index is -4.51. The molecule has 9 heteroatoms. The molecule has 13 heavy (non-hydrogen) atoms. The van der Waals surface area contributed by atoms with E-state index in [0.717, 1.165) is 0 Å². The van der Waals surface area contributed by atoms with Gasteiger partial charge in [0, 0.05) is 0 Å². The maximum absolute atomic E-state index is 10.8. The van der Waals surface area contributed by atoms with Gasteiger partial charge in [-0.05, 0) is 0 Å². The fourth-order valence-corrected chi connectivity index (χ4v) is 6.25. The number of hydrogen-bond donors (Lipinski definition) is 2. The Bertz CT molecular complexity index is 246. The van der Waals surface area contributed by atoms with E-state index in [1.165, 1.54) is 6.92 Å². The minimum absolute atomic E-state index is 0.320. The quantitative estimate of drug-likeness (QED) is 0.457. The molecule has 0 aromatic heterocycles. The topological polar surface area (TPSA) is 74.6 Å². The third-order valence-electron chi connectivity index (χ3n) is 0.986. The molecule has 0 saturated carbocycles. The summed E-state index contributed by atoms with van der Waals surface area (Å²) in [4.78, 5) is 28.3. The normalized spacial score (nSPS) is 16.5. The van der Waals surface area contributed by atoms with E-state index in [1.54, 1.807) is 0 Å². The van der Waals surface area contributed by atoms with Crippen molar-refractivity contribution in [2.75, 3.05) is 0 Å². The van der Waals surface area contributed by atoms with Crippen molar-refractivity contribution < 1.29 is 19.1 Å². The Morgan fingerprint density at radius 3 is 1.92 bits per heavy atom. The SMILES string of the molecule is CC(=O)[AsH]C(C(Cl)(Cl)Cl)P(=O)(O)O. The first-order valence-corrected chi connectivity index (χ1v) is 8.01. The van der Waals surface area contributed by atoms with Crippen molar-refractivity contribution in [1.29, 1.82) is 0 Å². The van der Waals surface area contributed by atoms with Crippen LogP contribution < -0.4 is 0 Å². The molecule has 0 aliphatic carbocycles. The molecule has 0 radical (unpaired) electrons. The summed E-state index contributed by atoms with van der Waals surface area (Å²) in [6.07, 6.45) is 0. The predicted octanol–water partition coefficient (Wildman–Crippen LogP) is 0.843. The van der Waals surface area contributed by atoms with Gasteiger partial charge in [0.25, 0.3) is 0 Å². The van der Waals surface area contributed by atoms with Gasteiger partial charge in [0.05, 0.1) is 0 Å². The number of carbonyl (C=O) groups excluding carboxylic acids is 1. The fourth-order valence-electron chi connectivity index (χ4n) is 0.549. The molecule has 0 rings (SSSR count). The van der Waals surface area contributed by atoms with Gasteiger partial charge in [-0.2, -0.15) is 0 Å². The molecule has 0 fully saturated rings. The molecule has 0 saturated heterocycles. The van der Waals surface area contributed by atoms with E-state index >= 15 is 0 Å². The third kappa shape index (κ3) is 5.63.